The van der Waals surface area contributed by atoms with Crippen molar-refractivity contribution in [3.8, 4) is 22.9 Å². The number of ether oxygens (including phenoxy) is 1. The zero-order valence-corrected chi connectivity index (χ0v) is 18.3. The number of nitrogens with zero attached hydrogens (tertiary/aromatic N) is 3. The normalized spacial score (nSPS) is 16.2. The molecule has 9 heteroatoms. The number of aromatic hydroxyl groups is 1. The molecule has 1 unspecified atom stereocenters. The van der Waals surface area contributed by atoms with Crippen LogP contribution in [0.25, 0.3) is 17.0 Å². The van der Waals surface area contributed by atoms with Gasteiger partial charge >= 0.3 is 0 Å². The van der Waals surface area contributed by atoms with Gasteiger partial charge in [-0.25, -0.2) is 4.39 Å². The van der Waals surface area contributed by atoms with E-state index in [4.69, 9.17) is 21.5 Å². The number of hydrogen-bond acceptors (Lipinski definition) is 6. The molecule has 0 aliphatic carbocycles. The molecule has 0 spiro atoms. The molecule has 7 nitrogen and oxygen atoms in total. The second-order valence-corrected chi connectivity index (χ2v) is 7.53. The highest BCUT2D eigenvalue weighted by Crippen LogP contribution is 2.39. The van der Waals surface area contributed by atoms with Crippen LogP contribution >= 0.6 is 12.2 Å². The third-order valence-corrected chi connectivity index (χ3v) is 5.54. The van der Waals surface area contributed by atoms with Gasteiger partial charge in [0.15, 0.2) is 16.6 Å². The van der Waals surface area contributed by atoms with E-state index in [9.17, 15) is 9.50 Å². The number of halogens is 1. The third kappa shape index (κ3) is 3.94. The summed E-state index contributed by atoms with van der Waals surface area (Å²) in [6.45, 7) is 6.19. The minimum atomic E-state index is -0.457. The monoisotopic (exact) mass is 452 g/mol. The van der Waals surface area contributed by atoms with Crippen molar-refractivity contribution in [2.45, 2.75) is 13.0 Å². The molecule has 1 aliphatic rings. The molecule has 0 saturated carbocycles. The Morgan fingerprint density at radius 3 is 2.72 bits per heavy atom. The second-order valence-electron chi connectivity index (χ2n) is 7.14. The van der Waals surface area contributed by atoms with Crippen LogP contribution in [0, 0.1) is 5.82 Å². The van der Waals surface area contributed by atoms with E-state index in [-0.39, 0.29) is 17.5 Å². The van der Waals surface area contributed by atoms with Gasteiger partial charge in [-0.15, -0.1) is 6.58 Å². The number of aromatic nitrogens is 2. The number of methoxy groups -OCH3 is 1. The molecule has 0 fully saturated rings. The van der Waals surface area contributed by atoms with Gasteiger partial charge in [0.2, 0.25) is 5.82 Å². The highest BCUT2D eigenvalue weighted by Gasteiger charge is 2.34. The largest absolute Gasteiger partial charge is 0.504 e. The van der Waals surface area contributed by atoms with Crippen molar-refractivity contribution in [2.75, 3.05) is 13.7 Å². The number of phenols is 1. The Morgan fingerprint density at radius 1 is 1.31 bits per heavy atom. The molecule has 4 rings (SSSR count). The topological polar surface area (TPSA) is 83.7 Å². The number of nitrogens with one attached hydrogen (secondary N) is 1. The first-order valence-electron chi connectivity index (χ1n) is 9.79. The van der Waals surface area contributed by atoms with Crippen LogP contribution in [0.15, 0.2) is 65.3 Å². The average Bonchev–Trinajstić information content (AvgIpc) is 3.26. The van der Waals surface area contributed by atoms with E-state index in [0.29, 0.717) is 34.4 Å². The first-order chi connectivity index (χ1) is 15.4. The van der Waals surface area contributed by atoms with Crippen LogP contribution in [-0.2, 0) is 0 Å². The molecular formula is C23H21FN4O3S. The van der Waals surface area contributed by atoms with Crippen molar-refractivity contribution >= 4 is 22.9 Å². The molecule has 164 valence electrons. The number of benzene rings is 2. The van der Waals surface area contributed by atoms with Crippen LogP contribution in [0.4, 0.5) is 4.39 Å². The average molecular weight is 453 g/mol. The van der Waals surface area contributed by atoms with Crippen LogP contribution in [0.5, 0.6) is 11.5 Å². The highest BCUT2D eigenvalue weighted by atomic mass is 32.1. The molecule has 1 atom stereocenters. The smallest absolute Gasteiger partial charge is 0.258 e. The van der Waals surface area contributed by atoms with E-state index in [0.717, 1.165) is 11.3 Å². The Labute approximate surface area is 189 Å². The number of allylic oxidation sites excluding steroid dienone is 1. The van der Waals surface area contributed by atoms with E-state index < -0.39 is 6.04 Å². The lowest BCUT2D eigenvalue weighted by Gasteiger charge is -2.36. The SMILES string of the molecule is C=CCN1C(=S)NC(c2ccc(OC)c(O)c2)C(c2nc(-c3ccc(F)cc3)no2)=C1C. The number of rotatable bonds is 6. The predicted molar refractivity (Wildman–Crippen MR) is 122 cm³/mol. The van der Waals surface area contributed by atoms with Crippen LogP contribution in [-0.4, -0.2) is 38.9 Å². The summed E-state index contributed by atoms with van der Waals surface area (Å²) in [5.41, 5.74) is 2.87. The second kappa shape index (κ2) is 8.80. The van der Waals surface area contributed by atoms with Gasteiger partial charge in [0.1, 0.15) is 5.82 Å². The Bertz CT molecular complexity index is 1210. The maximum Gasteiger partial charge on any atom is 0.258 e. The first-order valence-corrected chi connectivity index (χ1v) is 10.2. The van der Waals surface area contributed by atoms with Gasteiger partial charge in [0.25, 0.3) is 5.89 Å². The van der Waals surface area contributed by atoms with Crippen molar-refractivity contribution in [2.24, 2.45) is 0 Å². The van der Waals surface area contributed by atoms with Gasteiger partial charge in [-0.05, 0) is 61.1 Å². The summed E-state index contributed by atoms with van der Waals surface area (Å²) in [4.78, 5) is 6.43. The fourth-order valence-electron chi connectivity index (χ4n) is 3.59. The molecule has 2 heterocycles. The van der Waals surface area contributed by atoms with Gasteiger partial charge < -0.3 is 24.6 Å². The molecule has 3 aromatic rings. The summed E-state index contributed by atoms with van der Waals surface area (Å²) in [7, 11) is 1.49. The summed E-state index contributed by atoms with van der Waals surface area (Å²) in [6, 6.07) is 10.5. The summed E-state index contributed by atoms with van der Waals surface area (Å²) in [5.74, 6) is 0.631. The number of hydrogen-bond donors (Lipinski definition) is 2. The van der Waals surface area contributed by atoms with Crippen molar-refractivity contribution in [3.05, 3.63) is 78.1 Å². The van der Waals surface area contributed by atoms with Gasteiger partial charge in [-0.3, -0.25) is 0 Å². The summed E-state index contributed by atoms with van der Waals surface area (Å²) < 4.78 is 24.1. The van der Waals surface area contributed by atoms with E-state index in [1.807, 2.05) is 17.9 Å². The molecule has 0 bridgehead atoms. The van der Waals surface area contributed by atoms with E-state index in [2.05, 4.69) is 22.0 Å². The Hall–Kier alpha value is -3.72. The van der Waals surface area contributed by atoms with Crippen molar-refractivity contribution < 1.29 is 18.8 Å². The zero-order valence-electron chi connectivity index (χ0n) is 17.5. The molecule has 0 radical (unpaired) electrons. The summed E-state index contributed by atoms with van der Waals surface area (Å²) in [6.07, 6.45) is 1.74. The minimum absolute atomic E-state index is 0.000716. The van der Waals surface area contributed by atoms with Crippen molar-refractivity contribution in [1.82, 2.24) is 20.4 Å². The molecule has 2 aromatic carbocycles. The van der Waals surface area contributed by atoms with Gasteiger partial charge in [-0.1, -0.05) is 17.3 Å². The molecule has 0 amide bonds. The van der Waals surface area contributed by atoms with Crippen molar-refractivity contribution in [3.63, 3.8) is 0 Å². The lowest BCUT2D eigenvalue weighted by atomic mass is 9.94. The van der Waals surface area contributed by atoms with Gasteiger partial charge in [0, 0.05) is 17.8 Å². The van der Waals surface area contributed by atoms with E-state index in [1.165, 1.54) is 19.2 Å². The molecule has 0 saturated heterocycles. The lowest BCUT2D eigenvalue weighted by Crippen LogP contribution is -2.45. The molecule has 2 N–H and O–H groups in total. The van der Waals surface area contributed by atoms with Gasteiger partial charge in [0.05, 0.1) is 18.7 Å². The van der Waals surface area contributed by atoms with Crippen LogP contribution in [0.2, 0.25) is 0 Å². The van der Waals surface area contributed by atoms with E-state index >= 15 is 0 Å². The quantitative estimate of drug-likeness (QED) is 0.420. The van der Waals surface area contributed by atoms with Crippen LogP contribution in [0.3, 0.4) is 0 Å². The molecular weight excluding hydrogens is 431 g/mol. The highest BCUT2D eigenvalue weighted by molar-refractivity contribution is 7.80. The fraction of sp³-hybridized carbons (Fsp3) is 0.174. The molecule has 1 aliphatic heterocycles. The summed E-state index contributed by atoms with van der Waals surface area (Å²) in [5, 5.41) is 18.2. The Morgan fingerprint density at radius 2 is 2.06 bits per heavy atom. The Kier molecular flexibility index (Phi) is 5.91. The van der Waals surface area contributed by atoms with E-state index in [1.54, 1.807) is 30.3 Å². The molecule has 1 aromatic heterocycles. The predicted octanol–water partition coefficient (Wildman–Crippen LogP) is 4.44. The maximum absolute atomic E-state index is 13.3. The van der Waals surface area contributed by atoms with Crippen LogP contribution in [0.1, 0.15) is 24.4 Å². The number of thiocarbonyl (C=S) groups is 1. The summed E-state index contributed by atoms with van der Waals surface area (Å²) >= 11 is 5.57. The number of phenolic OH excluding ortho intramolecular Hbond substituents is 1. The fourth-order valence-corrected chi connectivity index (χ4v) is 3.92. The van der Waals surface area contributed by atoms with Crippen molar-refractivity contribution in [1.29, 1.82) is 0 Å². The van der Waals surface area contributed by atoms with Gasteiger partial charge in [-0.2, -0.15) is 4.98 Å². The molecule has 32 heavy (non-hydrogen) atoms. The lowest BCUT2D eigenvalue weighted by molar-refractivity contribution is 0.372. The maximum atomic E-state index is 13.3. The van der Waals surface area contributed by atoms with Crippen LogP contribution < -0.4 is 10.1 Å². The third-order valence-electron chi connectivity index (χ3n) is 5.20. The first kappa shape index (κ1) is 21.5. The zero-order chi connectivity index (χ0) is 22.8. The Balaban J connectivity index is 1.82. The standard InChI is InChI=1S/C23H21FN4O3S/c1-4-11-28-13(2)19(22-26-21(27-31-22)14-5-8-16(24)9-6-14)20(25-23(28)32)15-7-10-18(30-3)17(29)12-15/h4-10,12,20,29H,1,11H2,2-3H3,(H,25,32). The minimum Gasteiger partial charge on any atom is -0.504 e.